The summed E-state index contributed by atoms with van der Waals surface area (Å²) in [6, 6.07) is 13.6. The van der Waals surface area contributed by atoms with Crippen LogP contribution in [0.25, 0.3) is 0 Å². The van der Waals surface area contributed by atoms with E-state index in [2.05, 4.69) is 10.3 Å². The number of ether oxygens (including phenoxy) is 1. The molecule has 0 radical (unpaired) electrons. The normalized spacial score (nSPS) is 10.5. The minimum absolute atomic E-state index is 0.143. The number of aromatic nitrogens is 2. The summed E-state index contributed by atoms with van der Waals surface area (Å²) in [6.07, 6.45) is 4.70. The van der Waals surface area contributed by atoms with E-state index in [0.717, 1.165) is 10.4 Å². The Morgan fingerprint density at radius 2 is 1.88 bits per heavy atom. The molecule has 1 amide bonds. The van der Waals surface area contributed by atoms with Gasteiger partial charge in [-0.2, -0.15) is 0 Å². The van der Waals surface area contributed by atoms with Gasteiger partial charge in [-0.25, -0.2) is 9.78 Å². The lowest BCUT2D eigenvalue weighted by Gasteiger charge is -2.02. The molecule has 2 aromatic heterocycles. The fourth-order valence-corrected chi connectivity index (χ4v) is 3.49. The van der Waals surface area contributed by atoms with Crippen LogP contribution in [-0.2, 0) is 22.5 Å². The van der Waals surface area contributed by atoms with Crippen LogP contribution in [0.5, 0.6) is 0 Å². The van der Waals surface area contributed by atoms with Gasteiger partial charge in [-0.15, -0.1) is 11.3 Å². The van der Waals surface area contributed by atoms with E-state index in [1.165, 1.54) is 18.4 Å². The zero-order valence-corrected chi connectivity index (χ0v) is 15.2. The van der Waals surface area contributed by atoms with Crippen molar-refractivity contribution in [2.75, 3.05) is 12.4 Å². The number of carbonyl (C=O) groups is 2. The molecule has 0 bridgehead atoms. The fraction of sp³-hybridized carbons (Fsp3) is 0.211. The van der Waals surface area contributed by atoms with Gasteiger partial charge in [-0.05, 0) is 17.7 Å². The van der Waals surface area contributed by atoms with Crippen molar-refractivity contribution >= 4 is 28.3 Å². The highest BCUT2D eigenvalue weighted by Gasteiger charge is 2.20. The van der Waals surface area contributed by atoms with Gasteiger partial charge in [0.25, 0.3) is 0 Å². The second-order valence-electron chi connectivity index (χ2n) is 5.66. The van der Waals surface area contributed by atoms with Crippen molar-refractivity contribution in [2.45, 2.75) is 19.4 Å². The van der Waals surface area contributed by atoms with Crippen molar-refractivity contribution in [1.29, 1.82) is 0 Å². The third-order valence-electron chi connectivity index (χ3n) is 3.79. The summed E-state index contributed by atoms with van der Waals surface area (Å²) in [7, 11) is 1.32. The number of thiazole rings is 1. The van der Waals surface area contributed by atoms with Crippen molar-refractivity contribution in [3.05, 3.63) is 71.0 Å². The van der Waals surface area contributed by atoms with Gasteiger partial charge in [-0.3, -0.25) is 4.79 Å². The number of anilines is 1. The molecule has 0 saturated carbocycles. The predicted octanol–water partition coefficient (Wildman–Crippen LogP) is 3.35. The molecule has 0 atom stereocenters. The quantitative estimate of drug-likeness (QED) is 0.648. The van der Waals surface area contributed by atoms with Gasteiger partial charge in [0.15, 0.2) is 10.8 Å². The lowest BCUT2D eigenvalue weighted by molar-refractivity contribution is -0.116. The first kappa shape index (κ1) is 17.9. The third kappa shape index (κ3) is 4.58. The molecule has 3 aromatic rings. The number of aryl methyl sites for hydroxylation is 1. The largest absolute Gasteiger partial charge is 0.464 e. The Bertz CT molecular complexity index is 873. The molecule has 0 fully saturated rings. The van der Waals surface area contributed by atoms with Gasteiger partial charge in [-0.1, -0.05) is 30.3 Å². The van der Waals surface area contributed by atoms with E-state index in [0.29, 0.717) is 24.5 Å². The molecule has 0 aliphatic carbocycles. The molecule has 0 saturated heterocycles. The van der Waals surface area contributed by atoms with Gasteiger partial charge in [0, 0.05) is 36.7 Å². The SMILES string of the molecule is COC(=O)c1nc(NC(=O)CCn2cccc2)sc1Cc1ccccc1. The molecular weight excluding hydrogens is 350 g/mol. The second kappa shape index (κ2) is 8.44. The maximum atomic E-state index is 12.2. The minimum atomic E-state index is -0.500. The van der Waals surface area contributed by atoms with Crippen LogP contribution in [0.1, 0.15) is 27.3 Å². The van der Waals surface area contributed by atoms with E-state index < -0.39 is 5.97 Å². The number of amides is 1. The van der Waals surface area contributed by atoms with Crippen LogP contribution in [0, 0.1) is 0 Å². The van der Waals surface area contributed by atoms with Crippen LogP contribution in [0.3, 0.4) is 0 Å². The van der Waals surface area contributed by atoms with E-state index in [4.69, 9.17) is 4.74 Å². The molecule has 1 aromatic carbocycles. The molecule has 2 heterocycles. The molecule has 6 nitrogen and oxygen atoms in total. The van der Waals surface area contributed by atoms with E-state index >= 15 is 0 Å². The minimum Gasteiger partial charge on any atom is -0.464 e. The number of benzene rings is 1. The average molecular weight is 369 g/mol. The van der Waals surface area contributed by atoms with E-state index in [1.54, 1.807) is 0 Å². The first-order valence-corrected chi connectivity index (χ1v) is 9.00. The van der Waals surface area contributed by atoms with Gasteiger partial charge < -0.3 is 14.6 Å². The van der Waals surface area contributed by atoms with E-state index in [-0.39, 0.29) is 11.6 Å². The number of nitrogens with one attached hydrogen (secondary N) is 1. The monoisotopic (exact) mass is 369 g/mol. The van der Waals surface area contributed by atoms with Gasteiger partial charge in [0.1, 0.15) is 0 Å². The highest BCUT2D eigenvalue weighted by atomic mass is 32.1. The smallest absolute Gasteiger partial charge is 0.357 e. The summed E-state index contributed by atoms with van der Waals surface area (Å²) in [5.41, 5.74) is 1.31. The summed E-state index contributed by atoms with van der Waals surface area (Å²) in [5.74, 6) is -0.643. The number of rotatable bonds is 7. The molecule has 7 heteroatoms. The Labute approximate surface area is 155 Å². The van der Waals surface area contributed by atoms with Crippen LogP contribution < -0.4 is 5.32 Å². The molecule has 26 heavy (non-hydrogen) atoms. The Kier molecular flexibility index (Phi) is 5.80. The molecule has 0 unspecified atom stereocenters. The maximum absolute atomic E-state index is 12.2. The first-order valence-electron chi connectivity index (χ1n) is 8.18. The Balaban J connectivity index is 1.70. The van der Waals surface area contributed by atoms with E-state index in [1.807, 2.05) is 59.4 Å². The van der Waals surface area contributed by atoms with Crippen LogP contribution >= 0.6 is 11.3 Å². The standard InChI is InChI=1S/C19H19N3O3S/c1-25-18(24)17-15(13-14-7-3-2-4-8-14)26-19(21-17)20-16(23)9-12-22-10-5-6-11-22/h2-8,10-11H,9,12-13H2,1H3,(H,20,21,23). The summed E-state index contributed by atoms with van der Waals surface area (Å²) in [6.45, 7) is 0.588. The zero-order valence-electron chi connectivity index (χ0n) is 14.3. The maximum Gasteiger partial charge on any atom is 0.357 e. The van der Waals surface area contributed by atoms with Crippen molar-refractivity contribution in [3.63, 3.8) is 0 Å². The molecule has 0 spiro atoms. The first-order chi connectivity index (χ1) is 12.7. The Morgan fingerprint density at radius 1 is 1.15 bits per heavy atom. The van der Waals surface area contributed by atoms with E-state index in [9.17, 15) is 9.59 Å². The van der Waals surface area contributed by atoms with Crippen molar-refractivity contribution in [1.82, 2.24) is 9.55 Å². The molecule has 134 valence electrons. The molecule has 1 N–H and O–H groups in total. The highest BCUT2D eigenvalue weighted by Crippen LogP contribution is 2.26. The average Bonchev–Trinajstić information content (AvgIpc) is 3.30. The summed E-state index contributed by atoms with van der Waals surface area (Å²) < 4.78 is 6.75. The van der Waals surface area contributed by atoms with Crippen LogP contribution in [-0.4, -0.2) is 28.5 Å². The number of carbonyl (C=O) groups excluding carboxylic acids is 2. The topological polar surface area (TPSA) is 73.2 Å². The van der Waals surface area contributed by atoms with Crippen LogP contribution in [0.4, 0.5) is 5.13 Å². The van der Waals surface area contributed by atoms with Crippen molar-refractivity contribution in [3.8, 4) is 0 Å². The molecule has 3 rings (SSSR count). The summed E-state index contributed by atoms with van der Waals surface area (Å²) in [4.78, 5) is 29.2. The molecule has 0 aliphatic heterocycles. The van der Waals surface area contributed by atoms with Crippen LogP contribution in [0.15, 0.2) is 54.9 Å². The lowest BCUT2D eigenvalue weighted by Crippen LogP contribution is -2.14. The number of nitrogens with zero attached hydrogens (tertiary/aromatic N) is 2. The summed E-state index contributed by atoms with van der Waals surface area (Å²) in [5, 5.41) is 3.19. The number of hydrogen-bond donors (Lipinski definition) is 1. The predicted molar refractivity (Wildman–Crippen MR) is 100 cm³/mol. The fourth-order valence-electron chi connectivity index (χ4n) is 2.49. The van der Waals surface area contributed by atoms with Crippen molar-refractivity contribution in [2.24, 2.45) is 0 Å². The Hall–Kier alpha value is -2.93. The van der Waals surface area contributed by atoms with Crippen LogP contribution in [0.2, 0.25) is 0 Å². The van der Waals surface area contributed by atoms with Gasteiger partial charge in [0.2, 0.25) is 5.91 Å². The number of methoxy groups -OCH3 is 1. The molecule has 0 aliphatic rings. The van der Waals surface area contributed by atoms with Gasteiger partial charge >= 0.3 is 5.97 Å². The molecular formula is C19H19N3O3S. The van der Waals surface area contributed by atoms with Gasteiger partial charge in [0.05, 0.1) is 7.11 Å². The second-order valence-corrected chi connectivity index (χ2v) is 6.75. The van der Waals surface area contributed by atoms with Crippen molar-refractivity contribution < 1.29 is 14.3 Å². The highest BCUT2D eigenvalue weighted by molar-refractivity contribution is 7.16. The lowest BCUT2D eigenvalue weighted by atomic mass is 10.1. The number of hydrogen-bond acceptors (Lipinski definition) is 5. The zero-order chi connectivity index (χ0) is 18.4. The Morgan fingerprint density at radius 3 is 2.58 bits per heavy atom. The third-order valence-corrected chi connectivity index (χ3v) is 4.76. The summed E-state index contributed by atoms with van der Waals surface area (Å²) >= 11 is 1.30. The number of esters is 1.